The molecule has 0 spiro atoms. The molecule has 0 aromatic carbocycles. The Morgan fingerprint density at radius 1 is 1.38 bits per heavy atom. The van der Waals surface area contributed by atoms with E-state index in [-0.39, 0.29) is 22.9 Å². The van der Waals surface area contributed by atoms with Crippen LogP contribution >= 0.6 is 11.8 Å². The van der Waals surface area contributed by atoms with Crippen molar-refractivity contribution >= 4 is 29.5 Å². The quantitative estimate of drug-likeness (QED) is 0.552. The molecular weight excluding hydrogens is 330 g/mol. The highest BCUT2D eigenvalue weighted by atomic mass is 32.2. The summed E-state index contributed by atoms with van der Waals surface area (Å²) in [7, 11) is 0. The van der Waals surface area contributed by atoms with Gasteiger partial charge in [0.05, 0.1) is 0 Å². The number of β-lactam (4-membered cyclic amide) rings is 1. The molecule has 0 aromatic heterocycles. The van der Waals surface area contributed by atoms with E-state index >= 15 is 0 Å². The number of amides is 2. The number of nitrogens with zero attached hydrogens (tertiary/aromatic N) is 2. The van der Waals surface area contributed by atoms with E-state index in [4.69, 9.17) is 5.73 Å². The number of carboxylic acid groups (broad SMARTS) is 1. The molecule has 0 unspecified atom stereocenters. The zero-order valence-corrected chi connectivity index (χ0v) is 13.9. The Kier molecular flexibility index (Phi) is 3.69. The second-order valence-electron chi connectivity index (χ2n) is 6.73. The highest BCUT2D eigenvalue weighted by Crippen LogP contribution is 2.40. The van der Waals surface area contributed by atoms with Gasteiger partial charge >= 0.3 is 5.97 Å². The van der Waals surface area contributed by atoms with Gasteiger partial charge in [0.15, 0.2) is 0 Å². The number of carbonyl (C=O) groups excluding carboxylic acids is 2. The van der Waals surface area contributed by atoms with E-state index in [9.17, 15) is 19.5 Å². The van der Waals surface area contributed by atoms with Gasteiger partial charge in [-0.1, -0.05) is 0 Å². The summed E-state index contributed by atoms with van der Waals surface area (Å²) in [6.07, 6.45) is 4.68. The maximum atomic E-state index is 12.5. The van der Waals surface area contributed by atoms with Crippen molar-refractivity contribution in [2.75, 3.05) is 18.8 Å². The van der Waals surface area contributed by atoms with Crippen LogP contribution in [0.1, 0.15) is 19.3 Å². The average molecular weight is 349 g/mol. The molecule has 3 fully saturated rings. The minimum absolute atomic E-state index is 0.00194. The monoisotopic (exact) mass is 349 g/mol. The van der Waals surface area contributed by atoms with Crippen molar-refractivity contribution in [1.82, 2.24) is 9.80 Å². The highest BCUT2D eigenvalue weighted by molar-refractivity contribution is 8.00. The third-order valence-electron chi connectivity index (χ3n) is 4.98. The second-order valence-corrected chi connectivity index (χ2v) is 7.83. The van der Waals surface area contributed by atoms with E-state index in [0.29, 0.717) is 35.8 Å². The van der Waals surface area contributed by atoms with Crippen molar-refractivity contribution < 1.29 is 19.5 Å². The van der Waals surface area contributed by atoms with Gasteiger partial charge in [0, 0.05) is 24.4 Å². The third-order valence-corrected chi connectivity index (χ3v) is 6.30. The van der Waals surface area contributed by atoms with Crippen molar-refractivity contribution in [3.05, 3.63) is 22.9 Å². The zero-order valence-electron chi connectivity index (χ0n) is 13.1. The summed E-state index contributed by atoms with van der Waals surface area (Å²) in [5, 5.41) is 9.22. The number of hydrogen-bond acceptors (Lipinski definition) is 5. The molecule has 2 saturated heterocycles. The molecule has 1 saturated carbocycles. The maximum absolute atomic E-state index is 12.5. The van der Waals surface area contributed by atoms with Gasteiger partial charge in [0.2, 0.25) is 11.8 Å². The van der Waals surface area contributed by atoms with E-state index in [1.807, 2.05) is 4.90 Å². The highest BCUT2D eigenvalue weighted by Gasteiger charge is 2.51. The van der Waals surface area contributed by atoms with Crippen LogP contribution in [0.5, 0.6) is 0 Å². The van der Waals surface area contributed by atoms with Crippen LogP contribution in [0.2, 0.25) is 0 Å². The first kappa shape index (κ1) is 15.7. The van der Waals surface area contributed by atoms with Crippen LogP contribution in [-0.4, -0.2) is 62.9 Å². The van der Waals surface area contributed by atoms with Crippen LogP contribution in [0, 0.1) is 5.92 Å². The van der Waals surface area contributed by atoms with Crippen LogP contribution in [0.3, 0.4) is 0 Å². The van der Waals surface area contributed by atoms with E-state index < -0.39 is 12.0 Å². The average Bonchev–Trinajstić information content (AvgIpc) is 3.32. The minimum Gasteiger partial charge on any atom is -0.477 e. The predicted molar refractivity (Wildman–Crippen MR) is 87.7 cm³/mol. The van der Waals surface area contributed by atoms with Crippen molar-refractivity contribution in [3.8, 4) is 0 Å². The van der Waals surface area contributed by atoms with Crippen LogP contribution < -0.4 is 5.73 Å². The Morgan fingerprint density at radius 2 is 2.12 bits per heavy atom. The molecule has 0 radical (unpaired) electrons. The van der Waals surface area contributed by atoms with Gasteiger partial charge in [0.25, 0.3) is 0 Å². The molecule has 0 aromatic rings. The van der Waals surface area contributed by atoms with E-state index in [1.165, 1.54) is 29.5 Å². The van der Waals surface area contributed by atoms with E-state index in [2.05, 4.69) is 0 Å². The molecule has 0 bridgehead atoms. The van der Waals surface area contributed by atoms with Gasteiger partial charge in [0.1, 0.15) is 17.1 Å². The molecule has 4 rings (SSSR count). The summed E-state index contributed by atoms with van der Waals surface area (Å²) >= 11 is 1.45. The molecule has 2 atom stereocenters. The molecule has 3 aliphatic heterocycles. The van der Waals surface area contributed by atoms with Crippen molar-refractivity contribution in [1.29, 1.82) is 0 Å². The summed E-state index contributed by atoms with van der Waals surface area (Å²) < 4.78 is 0. The Labute approximate surface area is 143 Å². The number of likely N-dealkylation sites (tertiary alicyclic amines) is 1. The number of aliphatic carboxylic acids is 1. The van der Waals surface area contributed by atoms with Gasteiger partial charge in [-0.15, -0.1) is 11.8 Å². The van der Waals surface area contributed by atoms with Crippen molar-refractivity contribution in [2.45, 2.75) is 30.7 Å². The second kappa shape index (κ2) is 5.63. The van der Waals surface area contributed by atoms with Crippen molar-refractivity contribution in [3.63, 3.8) is 0 Å². The number of hydrogen-bond donors (Lipinski definition) is 2. The number of allylic oxidation sites excluding steroid dienone is 1. The Hall–Kier alpha value is -1.80. The first-order valence-corrected chi connectivity index (χ1v) is 9.19. The number of rotatable bonds is 4. The number of nitrogens with two attached hydrogens (primary N) is 1. The molecule has 2 amide bonds. The SMILES string of the molecule is N[C@@H]1C(=O)N2C(C(=O)O)=C(/C=C3\CCN(CC4CC4)C3=O)CS[C@H]12. The van der Waals surface area contributed by atoms with Crippen LogP contribution in [-0.2, 0) is 14.4 Å². The Bertz CT molecular complexity index is 697. The fourth-order valence-corrected chi connectivity index (χ4v) is 4.70. The van der Waals surface area contributed by atoms with E-state index in [1.54, 1.807) is 6.08 Å². The van der Waals surface area contributed by atoms with Crippen LogP contribution in [0.25, 0.3) is 0 Å². The fourth-order valence-electron chi connectivity index (χ4n) is 3.45. The third kappa shape index (κ3) is 2.44. The lowest BCUT2D eigenvalue weighted by atomic mass is 10.0. The predicted octanol–water partition coefficient (Wildman–Crippen LogP) is 0.136. The van der Waals surface area contributed by atoms with Gasteiger partial charge in [-0.05, 0) is 36.8 Å². The largest absolute Gasteiger partial charge is 0.477 e. The molecule has 7 nitrogen and oxygen atoms in total. The molecule has 128 valence electrons. The maximum Gasteiger partial charge on any atom is 0.352 e. The lowest BCUT2D eigenvalue weighted by molar-refractivity contribution is -0.147. The molecule has 1 aliphatic carbocycles. The van der Waals surface area contributed by atoms with Crippen molar-refractivity contribution in [2.24, 2.45) is 11.7 Å². The topological polar surface area (TPSA) is 104 Å². The lowest BCUT2D eigenvalue weighted by Gasteiger charge is -2.47. The summed E-state index contributed by atoms with van der Waals surface area (Å²) in [6, 6.07) is -0.638. The summed E-state index contributed by atoms with van der Waals surface area (Å²) in [5.41, 5.74) is 6.88. The van der Waals surface area contributed by atoms with Gasteiger partial charge in [-0.2, -0.15) is 0 Å². The fraction of sp³-hybridized carbons (Fsp3) is 0.562. The Balaban J connectivity index is 1.61. The van der Waals surface area contributed by atoms with Gasteiger partial charge in [-0.25, -0.2) is 4.79 Å². The number of carboxylic acids is 1. The van der Waals surface area contributed by atoms with Gasteiger partial charge in [-0.3, -0.25) is 14.5 Å². The summed E-state index contributed by atoms with van der Waals surface area (Å²) in [6.45, 7) is 1.50. The molecule has 3 N–H and O–H groups in total. The Morgan fingerprint density at radius 3 is 2.79 bits per heavy atom. The van der Waals surface area contributed by atoms with Crippen LogP contribution in [0.15, 0.2) is 22.9 Å². The number of thioether (sulfide) groups is 1. The normalized spacial score (nSPS) is 31.6. The van der Waals surface area contributed by atoms with Gasteiger partial charge < -0.3 is 15.7 Å². The van der Waals surface area contributed by atoms with Crippen LogP contribution in [0.4, 0.5) is 0 Å². The molecule has 4 aliphatic rings. The zero-order chi connectivity index (χ0) is 17.0. The molecular formula is C16H19N3O4S. The number of fused-ring (bicyclic) bond motifs is 1. The molecule has 3 heterocycles. The first-order chi connectivity index (χ1) is 11.5. The number of carbonyl (C=O) groups is 3. The smallest absolute Gasteiger partial charge is 0.352 e. The molecule has 24 heavy (non-hydrogen) atoms. The summed E-state index contributed by atoms with van der Waals surface area (Å²) in [5.74, 6) is -0.434. The summed E-state index contributed by atoms with van der Waals surface area (Å²) in [4.78, 5) is 39.2. The first-order valence-electron chi connectivity index (χ1n) is 8.14. The lowest BCUT2D eigenvalue weighted by Crippen LogP contribution is -2.68. The van der Waals surface area contributed by atoms with E-state index in [0.717, 1.165) is 6.54 Å². The minimum atomic E-state index is -1.15. The molecule has 8 heteroatoms. The standard InChI is InChI=1S/C16H19N3O4S/c17-11-14(21)19-12(16(22)23)10(7-24-15(11)19)5-9-3-4-18(13(9)20)6-8-1-2-8/h5,8,11,15H,1-4,6-7,17H2,(H,22,23)/b9-5+/t11-,15-/m1/s1.